The highest BCUT2D eigenvalue weighted by Crippen LogP contribution is 2.50. The lowest BCUT2D eigenvalue weighted by molar-refractivity contribution is -0.203. The summed E-state index contributed by atoms with van der Waals surface area (Å²) in [5, 5.41) is 14.7. The predicted octanol–water partition coefficient (Wildman–Crippen LogP) is 5.26. The third-order valence-electron chi connectivity index (χ3n) is 16.3. The van der Waals surface area contributed by atoms with Gasteiger partial charge in [-0.2, -0.15) is 5.10 Å². The van der Waals surface area contributed by atoms with Crippen LogP contribution in [0.4, 0.5) is 4.39 Å². The molecule has 4 amide bonds. The first kappa shape index (κ1) is 46.2. The van der Waals surface area contributed by atoms with Crippen LogP contribution < -0.4 is 16.2 Å². The number of fused-ring (bicyclic) bond motifs is 4. The van der Waals surface area contributed by atoms with E-state index in [9.17, 15) is 24.0 Å². The molecule has 2 bridgehead atoms. The Balaban J connectivity index is 0.703. The third kappa shape index (κ3) is 9.58. The Morgan fingerprint density at radius 3 is 2.25 bits per heavy atom. The molecule has 0 spiro atoms. The molecule has 2 saturated carbocycles. The molecule has 7 fully saturated rings. The Morgan fingerprint density at radius 2 is 1.53 bits per heavy atom. The number of aromatic nitrogens is 2. The van der Waals surface area contributed by atoms with E-state index in [2.05, 4.69) is 31.8 Å². The molecule has 11 rings (SSSR count). The number of amides is 4. The third-order valence-corrected chi connectivity index (χ3v) is 16.3. The van der Waals surface area contributed by atoms with Gasteiger partial charge >= 0.3 is 0 Å². The van der Waals surface area contributed by atoms with Crippen LogP contribution in [0.5, 0.6) is 0 Å². The summed E-state index contributed by atoms with van der Waals surface area (Å²) in [5.41, 5.74) is 1.89. The summed E-state index contributed by atoms with van der Waals surface area (Å²) in [5.74, 6) is -0.561. The summed E-state index contributed by atoms with van der Waals surface area (Å²) in [4.78, 5) is 76.3. The van der Waals surface area contributed by atoms with E-state index in [-0.39, 0.29) is 40.4 Å². The highest BCUT2D eigenvalue weighted by Gasteiger charge is 2.55. The van der Waals surface area contributed by atoms with Crippen molar-refractivity contribution in [2.24, 2.45) is 11.3 Å². The minimum atomic E-state index is -0.607. The zero-order chi connectivity index (χ0) is 46.8. The van der Waals surface area contributed by atoms with E-state index in [0.717, 1.165) is 96.9 Å². The first-order valence-electron chi connectivity index (χ1n) is 25.2. The summed E-state index contributed by atoms with van der Waals surface area (Å²) >= 11 is 0. The molecular formula is C53H65FN8O6. The maximum absolute atomic E-state index is 15.2. The van der Waals surface area contributed by atoms with Gasteiger partial charge in [0.05, 0.1) is 34.3 Å². The Kier molecular flexibility index (Phi) is 13.5. The molecule has 68 heavy (non-hydrogen) atoms. The standard InChI is InChI=1S/C53H65FN8O6/c54-44-16-15-36(31-45-41-13-4-5-14-42(41)48(64)58-57-45)30-43(44)49(65)60-26-28-62(29-27-60)51(67)52-17-19-53(20-18-52,68-35-52)34-59-22-24-61(25-23-59)50(66)46(37-8-2-1-3-9-37)56-47(63)39-11-6-10-38(32-39)40-12-7-21-55-33-40/h4-6,10-11,13-16,30,32,37,40,46,55H,1-3,7-9,12,17-29,31,33-35H2,(H,56,63)(H,58,64)/t40-,46-,52?,53?/m1/s1. The monoisotopic (exact) mass is 929 g/mol. The fourth-order valence-electron chi connectivity index (χ4n) is 12.1. The molecule has 14 nitrogen and oxygen atoms in total. The molecule has 6 heterocycles. The van der Waals surface area contributed by atoms with Crippen molar-refractivity contribution in [3.05, 3.63) is 111 Å². The first-order valence-corrected chi connectivity index (χ1v) is 25.2. The molecule has 7 aliphatic rings. The summed E-state index contributed by atoms with van der Waals surface area (Å²) in [6, 6.07) is 19.1. The van der Waals surface area contributed by atoms with Crippen LogP contribution in [0.25, 0.3) is 10.8 Å². The van der Waals surface area contributed by atoms with Crippen LogP contribution in [0.1, 0.15) is 114 Å². The van der Waals surface area contributed by atoms with Crippen molar-refractivity contribution in [1.82, 2.24) is 40.4 Å². The number of rotatable bonds is 11. The number of benzene rings is 3. The largest absolute Gasteiger partial charge is 0.373 e. The molecule has 4 aromatic rings. The van der Waals surface area contributed by atoms with Crippen molar-refractivity contribution in [3.8, 4) is 0 Å². The van der Waals surface area contributed by atoms with Crippen LogP contribution in [0.2, 0.25) is 0 Å². The smallest absolute Gasteiger partial charge is 0.272 e. The molecule has 5 aliphatic heterocycles. The number of H-pyrrole nitrogens is 1. The van der Waals surface area contributed by atoms with Gasteiger partial charge in [-0.05, 0) is 111 Å². The molecule has 5 saturated heterocycles. The number of ether oxygens (including phenoxy) is 1. The van der Waals surface area contributed by atoms with Gasteiger partial charge in [0, 0.05) is 82.8 Å². The molecule has 15 heteroatoms. The minimum absolute atomic E-state index is 0.0241. The number of piperazine rings is 2. The van der Waals surface area contributed by atoms with Gasteiger partial charge in [-0.3, -0.25) is 28.9 Å². The van der Waals surface area contributed by atoms with E-state index < -0.39 is 23.2 Å². The van der Waals surface area contributed by atoms with Crippen molar-refractivity contribution >= 4 is 34.4 Å². The van der Waals surface area contributed by atoms with Gasteiger partial charge < -0.3 is 30.1 Å². The Morgan fingerprint density at radius 1 is 0.794 bits per heavy atom. The lowest BCUT2D eigenvalue weighted by Crippen LogP contribution is -2.64. The second kappa shape index (κ2) is 19.8. The van der Waals surface area contributed by atoms with Gasteiger partial charge in [0.1, 0.15) is 11.9 Å². The van der Waals surface area contributed by atoms with Crippen LogP contribution in [0, 0.1) is 17.2 Å². The van der Waals surface area contributed by atoms with Crippen LogP contribution in [-0.2, 0) is 20.7 Å². The van der Waals surface area contributed by atoms with E-state index in [1.165, 1.54) is 18.1 Å². The number of aromatic amines is 1. The number of nitrogens with zero attached hydrogens (tertiary/aromatic N) is 5. The summed E-state index contributed by atoms with van der Waals surface area (Å²) < 4.78 is 21.9. The van der Waals surface area contributed by atoms with E-state index in [1.807, 2.05) is 40.1 Å². The number of carbonyl (C=O) groups excluding carboxylic acids is 4. The molecule has 360 valence electrons. The molecule has 0 radical (unpaired) electrons. The van der Waals surface area contributed by atoms with Crippen LogP contribution in [-0.4, -0.2) is 144 Å². The van der Waals surface area contributed by atoms with Crippen molar-refractivity contribution < 1.29 is 28.3 Å². The molecule has 1 aromatic heterocycles. The summed E-state index contributed by atoms with van der Waals surface area (Å²) in [7, 11) is 0. The van der Waals surface area contributed by atoms with Crippen molar-refractivity contribution in [2.45, 2.75) is 94.6 Å². The molecule has 2 aliphatic carbocycles. The molecule has 3 N–H and O–H groups in total. The van der Waals surface area contributed by atoms with Gasteiger partial charge in [0.15, 0.2) is 0 Å². The van der Waals surface area contributed by atoms with Gasteiger partial charge in [-0.1, -0.05) is 55.7 Å². The quantitative estimate of drug-likeness (QED) is 0.183. The topological polar surface area (TPSA) is 160 Å². The predicted molar refractivity (Wildman–Crippen MR) is 256 cm³/mol. The van der Waals surface area contributed by atoms with Gasteiger partial charge in [-0.25, -0.2) is 9.49 Å². The first-order chi connectivity index (χ1) is 33.1. The number of nitrogens with one attached hydrogen (secondary N) is 3. The maximum atomic E-state index is 15.2. The van der Waals surface area contributed by atoms with Crippen molar-refractivity contribution in [3.63, 3.8) is 0 Å². The van der Waals surface area contributed by atoms with E-state index in [0.29, 0.717) is 85.8 Å². The summed E-state index contributed by atoms with van der Waals surface area (Å²) in [6.45, 7) is 7.06. The van der Waals surface area contributed by atoms with Crippen molar-refractivity contribution in [2.75, 3.05) is 78.6 Å². The number of piperidine rings is 1. The number of halogens is 1. The second-order valence-electron chi connectivity index (χ2n) is 20.5. The lowest BCUT2D eigenvalue weighted by atomic mass is 9.65. The fraction of sp³-hybridized carbons (Fsp3) is 0.547. The molecule has 3 aromatic carbocycles. The second-order valence-corrected chi connectivity index (χ2v) is 20.5. The van der Waals surface area contributed by atoms with Crippen LogP contribution in [0.3, 0.4) is 0 Å². The highest BCUT2D eigenvalue weighted by molar-refractivity contribution is 5.98. The molecule has 2 atom stereocenters. The zero-order valence-corrected chi connectivity index (χ0v) is 39.1. The Hall–Kier alpha value is -5.51. The Bertz CT molecular complexity index is 2550. The number of carbonyl (C=O) groups is 4. The fourth-order valence-corrected chi connectivity index (χ4v) is 12.1. The average molecular weight is 929 g/mol. The SMILES string of the molecule is O=C(N[C@@H](C(=O)N1CCN(CC23CCC(C(=O)N4CCN(C(=O)c5cc(Cc6n[nH]c(=O)c7ccccc67)ccc5F)CC4)(CC2)CO3)CC1)C1CCCCC1)c1cccc([C@@H]2CCCNC2)c1. The Labute approximate surface area is 397 Å². The van der Waals surface area contributed by atoms with Crippen LogP contribution in [0.15, 0.2) is 71.5 Å². The van der Waals surface area contributed by atoms with E-state index in [4.69, 9.17) is 4.74 Å². The average Bonchev–Trinajstić information content (AvgIpc) is 3.40. The number of hydrogen-bond acceptors (Lipinski definition) is 9. The zero-order valence-electron chi connectivity index (χ0n) is 39.1. The van der Waals surface area contributed by atoms with Gasteiger partial charge in [-0.15, -0.1) is 0 Å². The van der Waals surface area contributed by atoms with Crippen molar-refractivity contribution in [1.29, 1.82) is 0 Å². The molecular weight excluding hydrogens is 864 g/mol. The van der Waals surface area contributed by atoms with Crippen LogP contribution >= 0.6 is 0 Å². The lowest BCUT2D eigenvalue weighted by Gasteiger charge is -2.55. The molecule has 0 unspecified atom stereocenters. The highest BCUT2D eigenvalue weighted by atomic mass is 19.1. The maximum Gasteiger partial charge on any atom is 0.272 e. The summed E-state index contributed by atoms with van der Waals surface area (Å²) in [6.07, 6.45) is 10.8. The van der Waals surface area contributed by atoms with E-state index >= 15 is 4.39 Å². The van der Waals surface area contributed by atoms with Gasteiger partial charge in [0.25, 0.3) is 17.4 Å². The van der Waals surface area contributed by atoms with Gasteiger partial charge in [0.2, 0.25) is 11.8 Å². The normalized spacial score (nSPS) is 25.3. The minimum Gasteiger partial charge on any atom is -0.373 e. The number of hydrogen-bond donors (Lipinski definition) is 3. The van der Waals surface area contributed by atoms with E-state index in [1.54, 1.807) is 29.2 Å².